The molecule has 2 rings (SSSR count). The fourth-order valence-corrected chi connectivity index (χ4v) is 1.50. The van der Waals surface area contributed by atoms with Crippen molar-refractivity contribution in [2.75, 3.05) is 0 Å². The number of hydrogen-bond acceptors (Lipinski definition) is 2. The van der Waals surface area contributed by atoms with Gasteiger partial charge in [0.15, 0.2) is 0 Å². The number of carboxylic acids is 1. The maximum atomic E-state index is 13.3. The van der Waals surface area contributed by atoms with Crippen molar-refractivity contribution in [2.24, 2.45) is 5.73 Å². The van der Waals surface area contributed by atoms with E-state index >= 15 is 0 Å². The van der Waals surface area contributed by atoms with Crippen molar-refractivity contribution in [3.8, 4) is 0 Å². The molecule has 0 amide bonds. The minimum atomic E-state index is -1.42. The van der Waals surface area contributed by atoms with Crippen molar-refractivity contribution >= 4 is 5.97 Å². The fourth-order valence-electron chi connectivity index (χ4n) is 1.50. The lowest BCUT2D eigenvalue weighted by Crippen LogP contribution is -2.21. The minimum Gasteiger partial charge on any atom is -0.478 e. The molecule has 0 heterocycles. The monoisotopic (exact) mass is 213 g/mol. The zero-order chi connectivity index (χ0) is 11.2. The summed E-state index contributed by atoms with van der Waals surface area (Å²) in [4.78, 5) is 10.6. The summed E-state index contributed by atoms with van der Waals surface area (Å²) in [6, 6.07) is 1.56. The van der Waals surface area contributed by atoms with Crippen LogP contribution in [0.3, 0.4) is 0 Å². The Labute approximate surface area is 84.5 Å². The van der Waals surface area contributed by atoms with Gasteiger partial charge in [0.25, 0.3) is 0 Å². The predicted molar refractivity (Wildman–Crippen MR) is 48.4 cm³/mol. The molecule has 0 aromatic heterocycles. The van der Waals surface area contributed by atoms with Crippen LogP contribution in [-0.4, -0.2) is 11.1 Å². The maximum Gasteiger partial charge on any atom is 0.338 e. The molecule has 80 valence electrons. The van der Waals surface area contributed by atoms with E-state index in [9.17, 15) is 13.6 Å². The second kappa shape index (κ2) is 3.00. The highest BCUT2D eigenvalue weighted by molar-refractivity contribution is 5.88. The quantitative estimate of drug-likeness (QED) is 0.784. The van der Waals surface area contributed by atoms with Gasteiger partial charge in [-0.2, -0.15) is 0 Å². The summed E-state index contributed by atoms with van der Waals surface area (Å²) in [6.07, 6.45) is 1.18. The van der Waals surface area contributed by atoms with Gasteiger partial charge in [-0.15, -0.1) is 0 Å². The number of aromatic carboxylic acids is 1. The van der Waals surface area contributed by atoms with Gasteiger partial charge in [-0.05, 0) is 18.9 Å². The van der Waals surface area contributed by atoms with Crippen LogP contribution < -0.4 is 5.73 Å². The van der Waals surface area contributed by atoms with Gasteiger partial charge in [0.1, 0.15) is 11.6 Å². The second-order valence-electron chi connectivity index (χ2n) is 3.77. The Kier molecular flexibility index (Phi) is 2.01. The zero-order valence-corrected chi connectivity index (χ0v) is 7.76. The van der Waals surface area contributed by atoms with Gasteiger partial charge in [-0.3, -0.25) is 0 Å². The van der Waals surface area contributed by atoms with Crippen LogP contribution in [0.25, 0.3) is 0 Å². The summed E-state index contributed by atoms with van der Waals surface area (Å²) >= 11 is 0. The van der Waals surface area contributed by atoms with Crippen LogP contribution in [0.5, 0.6) is 0 Å². The van der Waals surface area contributed by atoms with E-state index in [4.69, 9.17) is 10.8 Å². The predicted octanol–water partition coefficient (Wildman–Crippen LogP) is 1.61. The van der Waals surface area contributed by atoms with Gasteiger partial charge in [0.2, 0.25) is 0 Å². The van der Waals surface area contributed by atoms with E-state index in [0.717, 1.165) is 6.07 Å². The lowest BCUT2D eigenvalue weighted by atomic mass is 10.0. The van der Waals surface area contributed by atoms with Gasteiger partial charge in [-0.1, -0.05) is 0 Å². The molecule has 0 radical (unpaired) electrons. The SMILES string of the molecule is NC1(c2cc(C(=O)O)c(F)cc2F)CC1. The van der Waals surface area contributed by atoms with Crippen LogP contribution in [0.15, 0.2) is 12.1 Å². The van der Waals surface area contributed by atoms with Gasteiger partial charge in [0.05, 0.1) is 5.56 Å². The van der Waals surface area contributed by atoms with E-state index in [2.05, 4.69) is 0 Å². The number of halogens is 2. The Balaban J connectivity index is 2.56. The van der Waals surface area contributed by atoms with Crippen molar-refractivity contribution in [2.45, 2.75) is 18.4 Å². The molecule has 1 saturated carbocycles. The van der Waals surface area contributed by atoms with E-state index in [-0.39, 0.29) is 5.56 Å². The molecule has 1 aliphatic carbocycles. The first kappa shape index (κ1) is 10.0. The molecule has 0 unspecified atom stereocenters. The molecule has 0 aliphatic heterocycles. The second-order valence-corrected chi connectivity index (χ2v) is 3.77. The van der Waals surface area contributed by atoms with Crippen LogP contribution in [0, 0.1) is 11.6 Å². The van der Waals surface area contributed by atoms with E-state index in [0.29, 0.717) is 18.9 Å². The standard InChI is InChI=1S/C10H9F2NO2/c11-7-4-8(12)6(10(13)1-2-10)3-5(7)9(14)15/h3-4H,1-2,13H2,(H,14,15). The maximum absolute atomic E-state index is 13.3. The number of benzene rings is 1. The normalized spacial score (nSPS) is 17.5. The summed E-state index contributed by atoms with van der Waals surface area (Å²) in [5.41, 5.74) is 4.47. The van der Waals surface area contributed by atoms with Gasteiger partial charge < -0.3 is 10.8 Å². The first-order chi connectivity index (χ1) is 6.94. The molecule has 1 aliphatic rings. The van der Waals surface area contributed by atoms with Crippen LogP contribution in [0.2, 0.25) is 0 Å². The van der Waals surface area contributed by atoms with E-state index in [1.807, 2.05) is 0 Å². The first-order valence-corrected chi connectivity index (χ1v) is 4.46. The number of carbonyl (C=O) groups is 1. The first-order valence-electron chi connectivity index (χ1n) is 4.46. The van der Waals surface area contributed by atoms with Crippen molar-refractivity contribution in [3.05, 3.63) is 34.9 Å². The third-order valence-electron chi connectivity index (χ3n) is 2.61. The highest BCUT2D eigenvalue weighted by Crippen LogP contribution is 2.44. The Morgan fingerprint density at radius 2 is 1.93 bits per heavy atom. The number of hydrogen-bond donors (Lipinski definition) is 2. The van der Waals surface area contributed by atoms with Crippen molar-refractivity contribution in [3.63, 3.8) is 0 Å². The van der Waals surface area contributed by atoms with Gasteiger partial charge in [-0.25, -0.2) is 13.6 Å². The van der Waals surface area contributed by atoms with Crippen molar-refractivity contribution < 1.29 is 18.7 Å². The number of rotatable bonds is 2. The third kappa shape index (κ3) is 1.59. The summed E-state index contributed by atoms with van der Waals surface area (Å²) in [5, 5.41) is 8.66. The molecule has 0 saturated heterocycles. The van der Waals surface area contributed by atoms with E-state index in [1.54, 1.807) is 0 Å². The van der Waals surface area contributed by atoms with Crippen LogP contribution in [-0.2, 0) is 5.54 Å². The molecule has 1 aromatic carbocycles. The Morgan fingerprint density at radius 1 is 1.33 bits per heavy atom. The van der Waals surface area contributed by atoms with Crippen molar-refractivity contribution in [1.82, 2.24) is 0 Å². The third-order valence-corrected chi connectivity index (χ3v) is 2.61. The minimum absolute atomic E-state index is 0.0845. The van der Waals surface area contributed by atoms with E-state index in [1.165, 1.54) is 0 Å². The van der Waals surface area contributed by atoms with E-state index < -0.39 is 28.7 Å². The van der Waals surface area contributed by atoms with Gasteiger partial charge in [0, 0.05) is 17.2 Å². The largest absolute Gasteiger partial charge is 0.478 e. The lowest BCUT2D eigenvalue weighted by molar-refractivity contribution is 0.0691. The Hall–Kier alpha value is -1.49. The molecule has 5 heteroatoms. The molecule has 0 bridgehead atoms. The summed E-state index contributed by atoms with van der Waals surface area (Å²) in [5.74, 6) is -3.27. The van der Waals surface area contributed by atoms with Crippen molar-refractivity contribution in [1.29, 1.82) is 0 Å². The summed E-state index contributed by atoms with van der Waals surface area (Å²) in [6.45, 7) is 0. The fraction of sp³-hybridized carbons (Fsp3) is 0.300. The highest BCUT2D eigenvalue weighted by atomic mass is 19.1. The summed E-state index contributed by atoms with van der Waals surface area (Å²) < 4.78 is 26.3. The van der Waals surface area contributed by atoms with Crippen LogP contribution >= 0.6 is 0 Å². The molecule has 0 atom stereocenters. The molecule has 0 spiro atoms. The molecule has 3 N–H and O–H groups in total. The average Bonchev–Trinajstić information content (AvgIpc) is 2.83. The Bertz CT molecular complexity index is 441. The summed E-state index contributed by atoms with van der Waals surface area (Å²) in [7, 11) is 0. The van der Waals surface area contributed by atoms with Crippen LogP contribution in [0.1, 0.15) is 28.8 Å². The zero-order valence-electron chi connectivity index (χ0n) is 7.76. The van der Waals surface area contributed by atoms with Crippen LogP contribution in [0.4, 0.5) is 8.78 Å². The number of nitrogens with two attached hydrogens (primary N) is 1. The highest BCUT2D eigenvalue weighted by Gasteiger charge is 2.42. The molecular weight excluding hydrogens is 204 g/mol. The smallest absolute Gasteiger partial charge is 0.338 e. The topological polar surface area (TPSA) is 63.3 Å². The average molecular weight is 213 g/mol. The molecule has 3 nitrogen and oxygen atoms in total. The molecule has 15 heavy (non-hydrogen) atoms. The molecule has 1 fully saturated rings. The molecule has 1 aromatic rings. The lowest BCUT2D eigenvalue weighted by Gasteiger charge is -2.11. The Morgan fingerprint density at radius 3 is 2.40 bits per heavy atom. The van der Waals surface area contributed by atoms with Gasteiger partial charge >= 0.3 is 5.97 Å². The number of carboxylic acid groups (broad SMARTS) is 1. The molecular formula is C10H9F2NO2.